The van der Waals surface area contributed by atoms with Crippen LogP contribution in [0.1, 0.15) is 46.2 Å². The molecule has 0 fully saturated rings. The second kappa shape index (κ2) is 9.40. The third kappa shape index (κ3) is 5.44. The van der Waals surface area contributed by atoms with E-state index in [-0.39, 0.29) is 25.6 Å². The molecular weight excluding hydrogens is 451 g/mol. The molecule has 0 saturated heterocycles. The molecule has 3 rings (SSSR count). The first-order valence-electron chi connectivity index (χ1n) is 10.9. The number of aromatic nitrogens is 1. The van der Waals surface area contributed by atoms with Crippen molar-refractivity contribution in [2.45, 2.75) is 58.8 Å². The fraction of sp³-hybridized carbons (Fsp3) is 0.480. The van der Waals surface area contributed by atoms with Crippen molar-refractivity contribution in [2.24, 2.45) is 11.8 Å². The van der Waals surface area contributed by atoms with Gasteiger partial charge in [-0.1, -0.05) is 0 Å². The summed E-state index contributed by atoms with van der Waals surface area (Å²) < 4.78 is 9.19. The summed E-state index contributed by atoms with van der Waals surface area (Å²) in [6, 6.07) is 19.5. The third-order valence-corrected chi connectivity index (χ3v) is 13.0. The number of benzene rings is 2. The first kappa shape index (κ1) is 23.3. The van der Waals surface area contributed by atoms with E-state index in [0.29, 0.717) is 11.8 Å². The third-order valence-electron chi connectivity index (χ3n) is 6.46. The molecule has 3 nitrogen and oxygen atoms in total. The summed E-state index contributed by atoms with van der Waals surface area (Å²) in [6.45, 7) is 17.0. The van der Waals surface area contributed by atoms with Crippen LogP contribution < -0.4 is 5.32 Å². The van der Waals surface area contributed by atoms with Gasteiger partial charge in [-0.05, 0) is 0 Å². The second-order valence-corrected chi connectivity index (χ2v) is 17.0. The van der Waals surface area contributed by atoms with Crippen molar-refractivity contribution >= 4 is 37.3 Å². The van der Waals surface area contributed by atoms with E-state index >= 15 is 0 Å². The molecule has 0 radical (unpaired) electrons. The van der Waals surface area contributed by atoms with Gasteiger partial charge in [0, 0.05) is 0 Å². The minimum atomic E-state index is -1.81. The van der Waals surface area contributed by atoms with Gasteiger partial charge in [-0.25, -0.2) is 0 Å². The van der Waals surface area contributed by atoms with Gasteiger partial charge in [-0.3, -0.25) is 0 Å². The van der Waals surface area contributed by atoms with Crippen LogP contribution in [0.2, 0.25) is 18.1 Å². The fourth-order valence-electron chi connectivity index (χ4n) is 3.36. The number of nitrogens with zero attached hydrogens (tertiary/aromatic N) is 1. The summed E-state index contributed by atoms with van der Waals surface area (Å²) in [5.74, 6) is 0.855. The Labute approximate surface area is 189 Å². The second-order valence-electron chi connectivity index (χ2n) is 10.00. The van der Waals surface area contributed by atoms with Crippen LogP contribution in [0.15, 0.2) is 54.6 Å². The van der Waals surface area contributed by atoms with Crippen LogP contribution in [-0.4, -0.2) is 34.4 Å². The van der Waals surface area contributed by atoms with E-state index in [1.54, 1.807) is 0 Å². The Morgan fingerprint density at radius 3 is 2.23 bits per heavy atom. The molecule has 2 aromatic carbocycles. The molecule has 0 unspecified atom stereocenters. The van der Waals surface area contributed by atoms with E-state index in [0.717, 1.165) is 16.8 Å². The molecule has 5 heteroatoms. The summed E-state index contributed by atoms with van der Waals surface area (Å²) in [6.07, 6.45) is 0. The van der Waals surface area contributed by atoms with Crippen molar-refractivity contribution < 1.29 is 4.43 Å². The molecule has 162 valence electrons. The molecule has 1 N–H and O–H groups in total. The van der Waals surface area contributed by atoms with Gasteiger partial charge in [-0.15, -0.1) is 0 Å². The number of hydrogen-bond donors (Lipinski definition) is 1. The number of para-hydroxylation sites is 1. The standard InChI is InChI=1S/C25H36N2OSeSi/c1-18(2)20(17-28-30(6,7)25(3,4)5)23(19-13-9-8-10-14-19)27-24-26-21-15-11-12-16-22(21)29-24/h8-16,18,20,23H,17H2,1-7H3,(H,26,27)/t20-,23+/m0/s1. The van der Waals surface area contributed by atoms with Gasteiger partial charge in [0.1, 0.15) is 0 Å². The number of rotatable bonds is 8. The Balaban J connectivity index is 1.90. The van der Waals surface area contributed by atoms with Crippen LogP contribution in [0.3, 0.4) is 0 Å². The molecule has 2 atom stereocenters. The molecule has 0 saturated carbocycles. The maximum absolute atomic E-state index is 6.71. The Morgan fingerprint density at radius 2 is 1.63 bits per heavy atom. The predicted octanol–water partition coefficient (Wildman–Crippen LogP) is 6.74. The molecule has 1 aromatic heterocycles. The number of hydrogen-bond acceptors (Lipinski definition) is 3. The Hall–Kier alpha value is -1.39. The normalized spacial score (nSPS) is 14.8. The van der Waals surface area contributed by atoms with Crippen LogP contribution >= 0.6 is 0 Å². The van der Waals surface area contributed by atoms with Crippen LogP contribution in [0.25, 0.3) is 9.78 Å². The number of anilines is 1. The SMILES string of the molecule is CC(C)[C@H](CO[Si](C)(C)C(C)(C)C)[C@H](Nc1nc2ccccc2[se]1)c1ccccc1. The van der Waals surface area contributed by atoms with Crippen molar-refractivity contribution in [3.8, 4) is 0 Å². The first-order chi connectivity index (χ1) is 14.1. The van der Waals surface area contributed by atoms with E-state index < -0.39 is 8.32 Å². The van der Waals surface area contributed by atoms with Crippen molar-refractivity contribution in [1.29, 1.82) is 0 Å². The average Bonchev–Trinajstić information content (AvgIpc) is 3.09. The molecule has 0 aliphatic rings. The summed E-state index contributed by atoms with van der Waals surface area (Å²) >= 11 is 0.228. The summed E-state index contributed by atoms with van der Waals surface area (Å²) in [5.41, 5.74) is 2.43. The Bertz CT molecular complexity index is 913. The molecule has 0 bridgehead atoms. The average molecular weight is 488 g/mol. The monoisotopic (exact) mass is 488 g/mol. The van der Waals surface area contributed by atoms with E-state index in [1.165, 1.54) is 9.82 Å². The van der Waals surface area contributed by atoms with E-state index in [4.69, 9.17) is 9.41 Å². The summed E-state index contributed by atoms with van der Waals surface area (Å²) in [7, 11) is -1.81. The predicted molar refractivity (Wildman–Crippen MR) is 133 cm³/mol. The quantitative estimate of drug-likeness (QED) is 0.357. The molecule has 0 aliphatic heterocycles. The van der Waals surface area contributed by atoms with Gasteiger partial charge in [0.15, 0.2) is 0 Å². The van der Waals surface area contributed by atoms with Crippen LogP contribution in [0.4, 0.5) is 4.69 Å². The molecule has 0 spiro atoms. The van der Waals surface area contributed by atoms with Crippen molar-refractivity contribution in [3.63, 3.8) is 0 Å². The number of nitrogens with one attached hydrogen (secondary N) is 1. The van der Waals surface area contributed by atoms with Crippen molar-refractivity contribution in [3.05, 3.63) is 60.2 Å². The van der Waals surface area contributed by atoms with Gasteiger partial charge in [-0.2, -0.15) is 0 Å². The van der Waals surface area contributed by atoms with Crippen molar-refractivity contribution in [2.75, 3.05) is 11.9 Å². The fourth-order valence-corrected chi connectivity index (χ4v) is 6.30. The molecule has 30 heavy (non-hydrogen) atoms. The van der Waals surface area contributed by atoms with Crippen LogP contribution in [-0.2, 0) is 4.43 Å². The van der Waals surface area contributed by atoms with E-state index in [9.17, 15) is 0 Å². The summed E-state index contributed by atoms with van der Waals surface area (Å²) in [4.78, 5) is 4.91. The molecule has 3 aromatic rings. The first-order valence-corrected chi connectivity index (χ1v) is 15.5. The Morgan fingerprint density at radius 1 is 1.00 bits per heavy atom. The number of fused-ring (bicyclic) bond motifs is 1. The van der Waals surface area contributed by atoms with Crippen LogP contribution in [0, 0.1) is 11.8 Å². The van der Waals surface area contributed by atoms with E-state index in [2.05, 4.69) is 108 Å². The molecule has 0 aliphatic carbocycles. The molecule has 0 amide bonds. The summed E-state index contributed by atoms with van der Waals surface area (Å²) in [5, 5.41) is 4.06. The topological polar surface area (TPSA) is 34.1 Å². The molecular formula is C25H36N2OSeSi. The van der Waals surface area contributed by atoms with Crippen molar-refractivity contribution in [1.82, 2.24) is 4.98 Å². The van der Waals surface area contributed by atoms with Gasteiger partial charge < -0.3 is 0 Å². The zero-order valence-corrected chi connectivity index (χ0v) is 22.1. The van der Waals surface area contributed by atoms with Crippen LogP contribution in [0.5, 0.6) is 0 Å². The zero-order chi connectivity index (χ0) is 21.9. The van der Waals surface area contributed by atoms with Gasteiger partial charge >= 0.3 is 189 Å². The van der Waals surface area contributed by atoms with E-state index in [1.807, 2.05) is 0 Å². The van der Waals surface area contributed by atoms with Gasteiger partial charge in [0.2, 0.25) is 0 Å². The maximum atomic E-state index is 6.71. The zero-order valence-electron chi connectivity index (χ0n) is 19.4. The van der Waals surface area contributed by atoms with Gasteiger partial charge in [0.05, 0.1) is 0 Å². The molecule has 1 heterocycles. The minimum absolute atomic E-state index is 0.186. The van der Waals surface area contributed by atoms with Gasteiger partial charge in [0.25, 0.3) is 0 Å². The Kier molecular flexibility index (Phi) is 7.29.